The molecule has 138 valence electrons. The van der Waals surface area contributed by atoms with E-state index < -0.39 is 12.6 Å². The highest BCUT2D eigenvalue weighted by molar-refractivity contribution is 5.87. The van der Waals surface area contributed by atoms with Gasteiger partial charge in [0.2, 0.25) is 0 Å². The lowest BCUT2D eigenvalue weighted by molar-refractivity contribution is -0.0515. The summed E-state index contributed by atoms with van der Waals surface area (Å²) in [6.07, 6.45) is 3.48. The summed E-state index contributed by atoms with van der Waals surface area (Å²) < 4.78 is 35.3. The molecule has 0 spiro atoms. The van der Waals surface area contributed by atoms with Crippen molar-refractivity contribution in [2.45, 2.75) is 32.3 Å². The minimum atomic E-state index is -2.90. The van der Waals surface area contributed by atoms with Crippen LogP contribution in [0.4, 0.5) is 8.78 Å². The molecular weight excluding hydrogens is 342 g/mol. The van der Waals surface area contributed by atoms with E-state index in [1.807, 2.05) is 6.07 Å². The fraction of sp³-hybridized carbons (Fsp3) is 0.350. The number of carbonyl (C=O) groups is 1. The Morgan fingerprint density at radius 1 is 1.08 bits per heavy atom. The van der Waals surface area contributed by atoms with Crippen LogP contribution in [-0.2, 0) is 12.8 Å². The van der Waals surface area contributed by atoms with Crippen molar-refractivity contribution in [3.05, 3.63) is 59.2 Å². The van der Waals surface area contributed by atoms with E-state index in [4.69, 9.17) is 9.84 Å². The summed E-state index contributed by atoms with van der Waals surface area (Å²) in [5.41, 5.74) is 2.06. The van der Waals surface area contributed by atoms with Gasteiger partial charge >= 0.3 is 12.6 Å². The molecule has 1 saturated carbocycles. The van der Waals surface area contributed by atoms with Crippen molar-refractivity contribution < 1.29 is 28.2 Å². The molecule has 2 aromatic rings. The predicted octanol–water partition coefficient (Wildman–Crippen LogP) is 4.56. The summed E-state index contributed by atoms with van der Waals surface area (Å²) in [4.78, 5) is 11.0. The number of hydrogen-bond donors (Lipinski definition) is 1. The van der Waals surface area contributed by atoms with Crippen LogP contribution in [0.15, 0.2) is 42.5 Å². The van der Waals surface area contributed by atoms with Crippen LogP contribution in [0, 0.1) is 5.92 Å². The minimum absolute atomic E-state index is 0.0391. The zero-order chi connectivity index (χ0) is 18.5. The molecule has 0 heterocycles. The first-order chi connectivity index (χ1) is 12.5. The van der Waals surface area contributed by atoms with E-state index in [0.717, 1.165) is 24.0 Å². The standard InChI is InChI=1S/C20H20F2O4/c21-20(22)26-17-9-8-14(11-18(17)25-12-15-6-7-15)5-4-13-2-1-3-16(10-13)19(23)24/h1-3,8-11,15,20H,4-7,12H2,(H,23,24). The largest absolute Gasteiger partial charge is 0.489 e. The minimum Gasteiger partial charge on any atom is -0.489 e. The van der Waals surface area contributed by atoms with Gasteiger partial charge in [-0.25, -0.2) is 4.79 Å². The Kier molecular flexibility index (Phi) is 5.71. The van der Waals surface area contributed by atoms with Crippen molar-refractivity contribution in [3.63, 3.8) is 0 Å². The van der Waals surface area contributed by atoms with E-state index in [9.17, 15) is 13.6 Å². The molecule has 0 amide bonds. The van der Waals surface area contributed by atoms with E-state index in [1.165, 1.54) is 6.07 Å². The first-order valence-electron chi connectivity index (χ1n) is 8.54. The number of hydrogen-bond acceptors (Lipinski definition) is 3. The Balaban J connectivity index is 1.69. The molecule has 1 aliphatic carbocycles. The third kappa shape index (κ3) is 5.18. The Hall–Kier alpha value is -2.63. The molecule has 3 rings (SSSR count). The van der Waals surface area contributed by atoms with Gasteiger partial charge < -0.3 is 14.6 Å². The number of ether oxygens (including phenoxy) is 2. The third-order valence-corrected chi connectivity index (χ3v) is 4.27. The van der Waals surface area contributed by atoms with Gasteiger partial charge in [0.15, 0.2) is 11.5 Å². The number of halogens is 2. The van der Waals surface area contributed by atoms with Crippen LogP contribution < -0.4 is 9.47 Å². The predicted molar refractivity (Wildman–Crippen MR) is 92.1 cm³/mol. The molecular formula is C20H20F2O4. The first-order valence-corrected chi connectivity index (χ1v) is 8.54. The number of alkyl halides is 2. The highest BCUT2D eigenvalue weighted by Gasteiger charge is 2.23. The zero-order valence-electron chi connectivity index (χ0n) is 14.2. The second-order valence-corrected chi connectivity index (χ2v) is 6.42. The SMILES string of the molecule is O=C(O)c1cccc(CCc2ccc(OC(F)F)c(OCC3CC3)c2)c1. The second kappa shape index (κ2) is 8.17. The van der Waals surface area contributed by atoms with Gasteiger partial charge in [0, 0.05) is 0 Å². The van der Waals surface area contributed by atoms with Crippen LogP contribution in [0.2, 0.25) is 0 Å². The number of carboxylic acid groups (broad SMARTS) is 1. The Morgan fingerprint density at radius 3 is 2.46 bits per heavy atom. The molecule has 0 aromatic heterocycles. The van der Waals surface area contributed by atoms with Crippen molar-refractivity contribution >= 4 is 5.97 Å². The molecule has 0 unspecified atom stereocenters. The lowest BCUT2D eigenvalue weighted by Crippen LogP contribution is -2.07. The van der Waals surface area contributed by atoms with Gasteiger partial charge in [-0.2, -0.15) is 8.78 Å². The summed E-state index contributed by atoms with van der Waals surface area (Å²) in [7, 11) is 0. The van der Waals surface area contributed by atoms with Crippen LogP contribution in [0.1, 0.15) is 34.3 Å². The van der Waals surface area contributed by atoms with Crippen molar-refractivity contribution in [1.82, 2.24) is 0 Å². The van der Waals surface area contributed by atoms with Crippen molar-refractivity contribution in [3.8, 4) is 11.5 Å². The number of aromatic carboxylic acids is 1. The molecule has 0 atom stereocenters. The van der Waals surface area contributed by atoms with Gasteiger partial charge in [0.25, 0.3) is 0 Å². The van der Waals surface area contributed by atoms with Gasteiger partial charge in [-0.1, -0.05) is 18.2 Å². The molecule has 0 radical (unpaired) electrons. The van der Waals surface area contributed by atoms with Gasteiger partial charge in [-0.05, 0) is 67.0 Å². The van der Waals surface area contributed by atoms with E-state index in [0.29, 0.717) is 31.1 Å². The first kappa shape index (κ1) is 18.2. The average molecular weight is 362 g/mol. The maximum absolute atomic E-state index is 12.6. The van der Waals surface area contributed by atoms with Crippen molar-refractivity contribution in [2.24, 2.45) is 5.92 Å². The van der Waals surface area contributed by atoms with Crippen LogP contribution in [0.25, 0.3) is 0 Å². The number of aryl methyl sites for hydroxylation is 2. The third-order valence-electron chi connectivity index (χ3n) is 4.27. The molecule has 1 fully saturated rings. The highest BCUT2D eigenvalue weighted by Crippen LogP contribution is 2.34. The maximum atomic E-state index is 12.6. The fourth-order valence-corrected chi connectivity index (χ4v) is 2.65. The molecule has 26 heavy (non-hydrogen) atoms. The normalized spacial score (nSPS) is 13.7. The van der Waals surface area contributed by atoms with Crippen LogP contribution >= 0.6 is 0 Å². The average Bonchev–Trinajstić information content (AvgIpc) is 3.44. The molecule has 6 heteroatoms. The second-order valence-electron chi connectivity index (χ2n) is 6.42. The Morgan fingerprint density at radius 2 is 1.81 bits per heavy atom. The Labute approximate surface area is 150 Å². The van der Waals surface area contributed by atoms with Crippen LogP contribution in [0.5, 0.6) is 11.5 Å². The topological polar surface area (TPSA) is 55.8 Å². The quantitative estimate of drug-likeness (QED) is 0.710. The summed E-state index contributed by atoms with van der Waals surface area (Å²) >= 11 is 0. The smallest absolute Gasteiger partial charge is 0.387 e. The van der Waals surface area contributed by atoms with Crippen molar-refractivity contribution in [2.75, 3.05) is 6.61 Å². The number of rotatable bonds is 9. The van der Waals surface area contributed by atoms with E-state index >= 15 is 0 Å². The molecule has 1 aliphatic rings. The fourth-order valence-electron chi connectivity index (χ4n) is 2.65. The number of benzene rings is 2. The van der Waals surface area contributed by atoms with E-state index in [-0.39, 0.29) is 11.3 Å². The molecule has 2 aromatic carbocycles. The summed E-state index contributed by atoms with van der Waals surface area (Å²) in [6, 6.07) is 11.7. The summed E-state index contributed by atoms with van der Waals surface area (Å²) in [6.45, 7) is -2.40. The van der Waals surface area contributed by atoms with Gasteiger partial charge in [0.05, 0.1) is 12.2 Å². The molecule has 4 nitrogen and oxygen atoms in total. The van der Waals surface area contributed by atoms with Gasteiger partial charge in [-0.15, -0.1) is 0 Å². The maximum Gasteiger partial charge on any atom is 0.387 e. The molecule has 0 aliphatic heterocycles. The zero-order valence-corrected chi connectivity index (χ0v) is 14.2. The number of carboxylic acids is 1. The highest BCUT2D eigenvalue weighted by atomic mass is 19.3. The van der Waals surface area contributed by atoms with Crippen LogP contribution in [0.3, 0.4) is 0 Å². The van der Waals surface area contributed by atoms with Crippen LogP contribution in [-0.4, -0.2) is 24.3 Å². The molecule has 1 N–H and O–H groups in total. The molecule has 0 bridgehead atoms. The van der Waals surface area contributed by atoms with E-state index in [1.54, 1.807) is 30.3 Å². The Bertz CT molecular complexity index is 772. The van der Waals surface area contributed by atoms with Gasteiger partial charge in [-0.3, -0.25) is 0 Å². The summed E-state index contributed by atoms with van der Waals surface area (Å²) in [5, 5.41) is 9.05. The van der Waals surface area contributed by atoms with Crippen molar-refractivity contribution in [1.29, 1.82) is 0 Å². The molecule has 0 saturated heterocycles. The lowest BCUT2D eigenvalue weighted by Gasteiger charge is -2.14. The monoisotopic (exact) mass is 362 g/mol. The lowest BCUT2D eigenvalue weighted by atomic mass is 10.0. The van der Waals surface area contributed by atoms with Gasteiger partial charge in [0.1, 0.15) is 0 Å². The summed E-state index contributed by atoms with van der Waals surface area (Å²) in [5.74, 6) is -0.0980. The van der Waals surface area contributed by atoms with E-state index in [2.05, 4.69) is 4.74 Å².